The van der Waals surface area contributed by atoms with Crippen LogP contribution in [0.15, 0.2) is 30.3 Å². The first-order valence-corrected chi connectivity index (χ1v) is 6.61. The quantitative estimate of drug-likeness (QED) is 0.919. The van der Waals surface area contributed by atoms with Crippen molar-refractivity contribution in [3.05, 3.63) is 53.1 Å². The van der Waals surface area contributed by atoms with E-state index in [1.165, 1.54) is 18.2 Å². The number of rotatable bonds is 5. The van der Waals surface area contributed by atoms with Gasteiger partial charge in [-0.3, -0.25) is 4.98 Å². The van der Waals surface area contributed by atoms with Gasteiger partial charge in [0.25, 0.3) is 0 Å². The number of methoxy groups -OCH3 is 1. The van der Waals surface area contributed by atoms with E-state index in [0.29, 0.717) is 22.8 Å². The minimum absolute atomic E-state index is 0.212. The standard InChI is InChI=1S/C16H18FNO3/c1-10-6-14(20-3)8-13(18-10)9-21-16-5-4-12(17)7-15(16)11(2)19/h4-8,11,19H,9H2,1-3H3/t11-/m0/s1. The third-order valence-corrected chi connectivity index (χ3v) is 3.01. The fourth-order valence-corrected chi connectivity index (χ4v) is 2.02. The number of hydrogen-bond donors (Lipinski definition) is 1. The summed E-state index contributed by atoms with van der Waals surface area (Å²) < 4.78 is 24.1. The molecular weight excluding hydrogens is 273 g/mol. The van der Waals surface area contributed by atoms with Gasteiger partial charge in [0.05, 0.1) is 18.9 Å². The van der Waals surface area contributed by atoms with Gasteiger partial charge in [-0.2, -0.15) is 0 Å². The number of aliphatic hydroxyl groups excluding tert-OH is 1. The second-order valence-corrected chi connectivity index (χ2v) is 4.79. The summed E-state index contributed by atoms with van der Waals surface area (Å²) in [6, 6.07) is 7.67. The molecule has 0 unspecified atom stereocenters. The van der Waals surface area contributed by atoms with E-state index in [1.54, 1.807) is 20.1 Å². The van der Waals surface area contributed by atoms with Crippen molar-refractivity contribution in [2.24, 2.45) is 0 Å². The fraction of sp³-hybridized carbons (Fsp3) is 0.312. The Kier molecular flexibility index (Phi) is 4.75. The van der Waals surface area contributed by atoms with Gasteiger partial charge in [-0.1, -0.05) is 0 Å². The van der Waals surface area contributed by atoms with E-state index in [1.807, 2.05) is 13.0 Å². The van der Waals surface area contributed by atoms with Crippen LogP contribution < -0.4 is 9.47 Å². The highest BCUT2D eigenvalue weighted by Gasteiger charge is 2.11. The summed E-state index contributed by atoms with van der Waals surface area (Å²) in [6.07, 6.45) is -0.810. The molecule has 1 aromatic carbocycles. The number of aliphatic hydroxyl groups is 1. The van der Waals surface area contributed by atoms with E-state index in [9.17, 15) is 9.50 Å². The zero-order valence-corrected chi connectivity index (χ0v) is 12.3. The van der Waals surface area contributed by atoms with E-state index >= 15 is 0 Å². The van der Waals surface area contributed by atoms with Crippen molar-refractivity contribution >= 4 is 0 Å². The highest BCUT2D eigenvalue weighted by atomic mass is 19.1. The van der Waals surface area contributed by atoms with Crippen LogP contribution in [0.3, 0.4) is 0 Å². The van der Waals surface area contributed by atoms with Gasteiger partial charge in [0.2, 0.25) is 0 Å². The van der Waals surface area contributed by atoms with Crippen molar-refractivity contribution in [1.29, 1.82) is 0 Å². The Morgan fingerprint density at radius 1 is 1.29 bits per heavy atom. The topological polar surface area (TPSA) is 51.6 Å². The van der Waals surface area contributed by atoms with Crippen molar-refractivity contribution in [1.82, 2.24) is 4.98 Å². The molecule has 4 nitrogen and oxygen atoms in total. The Balaban J connectivity index is 2.18. The first kappa shape index (κ1) is 15.3. The predicted molar refractivity (Wildman–Crippen MR) is 76.9 cm³/mol. The van der Waals surface area contributed by atoms with Crippen molar-refractivity contribution in [3.8, 4) is 11.5 Å². The lowest BCUT2D eigenvalue weighted by molar-refractivity contribution is 0.189. The SMILES string of the molecule is COc1cc(C)nc(COc2ccc(F)cc2[C@H](C)O)c1. The third kappa shape index (κ3) is 3.92. The van der Waals surface area contributed by atoms with E-state index in [2.05, 4.69) is 4.98 Å². The van der Waals surface area contributed by atoms with Crippen LogP contribution in [-0.2, 0) is 6.61 Å². The number of nitrogens with zero attached hydrogens (tertiary/aromatic N) is 1. The molecule has 0 fully saturated rings. The summed E-state index contributed by atoms with van der Waals surface area (Å²) in [5.74, 6) is 0.734. The van der Waals surface area contributed by atoms with Crippen molar-refractivity contribution in [3.63, 3.8) is 0 Å². The summed E-state index contributed by atoms with van der Waals surface area (Å²) in [7, 11) is 1.59. The average Bonchev–Trinajstić information content (AvgIpc) is 2.45. The number of halogens is 1. The van der Waals surface area contributed by atoms with Crippen LogP contribution in [0.25, 0.3) is 0 Å². The smallest absolute Gasteiger partial charge is 0.130 e. The van der Waals surface area contributed by atoms with Gasteiger partial charge in [0.1, 0.15) is 23.9 Å². The van der Waals surface area contributed by atoms with E-state index in [4.69, 9.17) is 9.47 Å². The Hall–Kier alpha value is -2.14. The zero-order valence-electron chi connectivity index (χ0n) is 12.3. The number of hydrogen-bond acceptors (Lipinski definition) is 4. The van der Waals surface area contributed by atoms with Crippen LogP contribution in [0.4, 0.5) is 4.39 Å². The number of aromatic nitrogens is 1. The first-order valence-electron chi connectivity index (χ1n) is 6.61. The van der Waals surface area contributed by atoms with Crippen LogP contribution >= 0.6 is 0 Å². The Bertz CT molecular complexity index is 629. The Morgan fingerprint density at radius 3 is 2.71 bits per heavy atom. The van der Waals surface area contributed by atoms with Gasteiger partial charge in [-0.05, 0) is 32.0 Å². The lowest BCUT2D eigenvalue weighted by Gasteiger charge is -2.14. The largest absolute Gasteiger partial charge is 0.497 e. The minimum Gasteiger partial charge on any atom is -0.497 e. The Morgan fingerprint density at radius 2 is 2.05 bits per heavy atom. The van der Waals surface area contributed by atoms with Gasteiger partial charge in [-0.25, -0.2) is 4.39 Å². The van der Waals surface area contributed by atoms with E-state index in [-0.39, 0.29) is 6.61 Å². The summed E-state index contributed by atoms with van der Waals surface area (Å²) in [5, 5.41) is 9.67. The lowest BCUT2D eigenvalue weighted by atomic mass is 10.1. The van der Waals surface area contributed by atoms with Crippen molar-refractivity contribution in [2.45, 2.75) is 26.6 Å². The summed E-state index contributed by atoms with van der Waals surface area (Å²) in [6.45, 7) is 3.64. The molecule has 0 aliphatic rings. The number of aryl methyl sites for hydroxylation is 1. The molecule has 5 heteroatoms. The van der Waals surface area contributed by atoms with Crippen molar-refractivity contribution < 1.29 is 19.0 Å². The molecule has 1 aromatic heterocycles. The average molecular weight is 291 g/mol. The summed E-state index contributed by atoms with van der Waals surface area (Å²) >= 11 is 0. The van der Waals surface area contributed by atoms with Gasteiger partial charge < -0.3 is 14.6 Å². The maximum absolute atomic E-state index is 13.2. The van der Waals surface area contributed by atoms with E-state index in [0.717, 1.165) is 5.69 Å². The molecule has 0 aliphatic heterocycles. The van der Waals surface area contributed by atoms with Crippen LogP contribution in [-0.4, -0.2) is 17.2 Å². The number of ether oxygens (including phenoxy) is 2. The molecule has 0 saturated carbocycles. The van der Waals surface area contributed by atoms with Gasteiger partial charge in [-0.15, -0.1) is 0 Å². The molecule has 1 atom stereocenters. The molecule has 0 aliphatic carbocycles. The predicted octanol–water partition coefficient (Wildman–Crippen LogP) is 3.17. The minimum atomic E-state index is -0.810. The molecule has 2 aromatic rings. The summed E-state index contributed by atoms with van der Waals surface area (Å²) in [5.41, 5.74) is 1.94. The van der Waals surface area contributed by atoms with Gasteiger partial charge in [0.15, 0.2) is 0 Å². The zero-order chi connectivity index (χ0) is 15.4. The van der Waals surface area contributed by atoms with E-state index < -0.39 is 11.9 Å². The van der Waals surface area contributed by atoms with Crippen molar-refractivity contribution in [2.75, 3.05) is 7.11 Å². The van der Waals surface area contributed by atoms with Crippen LogP contribution in [0, 0.1) is 12.7 Å². The van der Waals surface area contributed by atoms with Crippen LogP contribution in [0.5, 0.6) is 11.5 Å². The maximum Gasteiger partial charge on any atom is 0.130 e. The molecule has 1 heterocycles. The first-order chi connectivity index (χ1) is 9.99. The molecule has 0 radical (unpaired) electrons. The third-order valence-electron chi connectivity index (χ3n) is 3.01. The monoisotopic (exact) mass is 291 g/mol. The molecule has 21 heavy (non-hydrogen) atoms. The van der Waals surface area contributed by atoms with Crippen LogP contribution in [0.2, 0.25) is 0 Å². The molecule has 0 spiro atoms. The molecule has 112 valence electrons. The highest BCUT2D eigenvalue weighted by Crippen LogP contribution is 2.27. The molecule has 0 amide bonds. The lowest BCUT2D eigenvalue weighted by Crippen LogP contribution is -2.04. The maximum atomic E-state index is 13.2. The second kappa shape index (κ2) is 6.54. The van der Waals surface area contributed by atoms with Gasteiger partial charge in [0, 0.05) is 23.4 Å². The highest BCUT2D eigenvalue weighted by molar-refractivity contribution is 5.36. The molecule has 0 bridgehead atoms. The molecule has 2 rings (SSSR count). The summed E-state index contributed by atoms with van der Waals surface area (Å²) in [4.78, 5) is 4.35. The molecular formula is C16H18FNO3. The van der Waals surface area contributed by atoms with Gasteiger partial charge >= 0.3 is 0 Å². The number of benzene rings is 1. The Labute approximate surface area is 123 Å². The second-order valence-electron chi connectivity index (χ2n) is 4.79. The van der Waals surface area contributed by atoms with Crippen LogP contribution in [0.1, 0.15) is 30.0 Å². The molecule has 0 saturated heterocycles. The normalized spacial score (nSPS) is 12.0. The molecule has 1 N–H and O–H groups in total. The fourth-order valence-electron chi connectivity index (χ4n) is 2.02. The number of pyridine rings is 1.